The van der Waals surface area contributed by atoms with Crippen molar-refractivity contribution in [3.05, 3.63) is 94.0 Å². The summed E-state index contributed by atoms with van der Waals surface area (Å²) in [5, 5.41) is 4.33. The molecule has 4 nitrogen and oxygen atoms in total. The van der Waals surface area contributed by atoms with Gasteiger partial charge in [-0.2, -0.15) is 0 Å². The lowest BCUT2D eigenvalue weighted by Gasteiger charge is -2.37. The number of allylic oxidation sites excluding steroid dienone is 2. The number of nitrogens with one attached hydrogen (secondary N) is 1. The second-order valence-electron chi connectivity index (χ2n) is 9.30. The fourth-order valence-corrected chi connectivity index (χ4v) is 5.39. The van der Waals surface area contributed by atoms with Crippen LogP contribution in [-0.2, 0) is 0 Å². The van der Waals surface area contributed by atoms with Gasteiger partial charge in [-0.3, -0.25) is 4.99 Å². The van der Waals surface area contributed by atoms with Crippen molar-refractivity contribution in [2.75, 3.05) is 19.0 Å². The van der Waals surface area contributed by atoms with Crippen molar-refractivity contribution >= 4 is 29.2 Å². The number of aryl methyl sites for hydroxylation is 1. The molecule has 3 aromatic rings. The maximum Gasteiger partial charge on any atom is 0.179 e. The molecule has 1 aliphatic carbocycles. The van der Waals surface area contributed by atoms with Crippen LogP contribution >= 0.6 is 11.6 Å². The highest BCUT2D eigenvalue weighted by Gasteiger charge is 2.37. The molecular weight excluding hydrogens is 456 g/mol. The van der Waals surface area contributed by atoms with Gasteiger partial charge in [0.2, 0.25) is 0 Å². The summed E-state index contributed by atoms with van der Waals surface area (Å²) in [7, 11) is 1.62. The highest BCUT2D eigenvalue weighted by Crippen LogP contribution is 2.50. The summed E-state index contributed by atoms with van der Waals surface area (Å²) in [4.78, 5) is 4.67. The number of hydrogen-bond donors (Lipinski definition) is 1. The molecule has 2 aliphatic rings. The smallest absolute Gasteiger partial charge is 0.179 e. The summed E-state index contributed by atoms with van der Waals surface area (Å²) < 4.78 is 11.2. The topological polar surface area (TPSA) is 42.8 Å². The Balaban J connectivity index is 1.34. The summed E-state index contributed by atoms with van der Waals surface area (Å²) in [6.45, 7) is 4.81. The van der Waals surface area contributed by atoms with E-state index >= 15 is 0 Å². The van der Waals surface area contributed by atoms with E-state index in [1.807, 2.05) is 12.1 Å². The Morgan fingerprint density at radius 2 is 1.94 bits per heavy atom. The number of anilines is 1. The maximum absolute atomic E-state index is 6.45. The number of methoxy groups -OCH3 is 1. The summed E-state index contributed by atoms with van der Waals surface area (Å²) in [6.07, 6.45) is 8.52. The van der Waals surface area contributed by atoms with E-state index in [1.165, 1.54) is 22.4 Å². The van der Waals surface area contributed by atoms with Crippen molar-refractivity contribution in [1.29, 1.82) is 0 Å². The van der Waals surface area contributed by atoms with Crippen LogP contribution in [0.4, 0.5) is 11.4 Å². The van der Waals surface area contributed by atoms with Gasteiger partial charge in [-0.15, -0.1) is 0 Å². The van der Waals surface area contributed by atoms with Crippen LogP contribution in [0.3, 0.4) is 0 Å². The van der Waals surface area contributed by atoms with Crippen LogP contribution in [0.5, 0.6) is 11.5 Å². The van der Waals surface area contributed by atoms with Gasteiger partial charge in [0.15, 0.2) is 11.5 Å². The van der Waals surface area contributed by atoms with Gasteiger partial charge in [0.05, 0.1) is 30.5 Å². The van der Waals surface area contributed by atoms with Crippen LogP contribution in [0.2, 0.25) is 5.02 Å². The minimum atomic E-state index is 0.280. The fraction of sp³-hybridized carbons (Fsp3) is 0.300. The first-order chi connectivity index (χ1) is 17.1. The van der Waals surface area contributed by atoms with Gasteiger partial charge >= 0.3 is 0 Å². The van der Waals surface area contributed by atoms with Crippen molar-refractivity contribution in [2.24, 2.45) is 10.9 Å². The van der Waals surface area contributed by atoms with Gasteiger partial charge in [-0.1, -0.05) is 60.5 Å². The molecule has 0 amide bonds. The highest BCUT2D eigenvalue weighted by atomic mass is 35.5. The van der Waals surface area contributed by atoms with E-state index < -0.39 is 0 Å². The third-order valence-electron chi connectivity index (χ3n) is 6.84. The average molecular weight is 487 g/mol. The van der Waals surface area contributed by atoms with E-state index in [4.69, 9.17) is 21.1 Å². The lowest BCUT2D eigenvalue weighted by Crippen LogP contribution is -2.29. The summed E-state index contributed by atoms with van der Waals surface area (Å²) in [5.41, 5.74) is 7.01. The van der Waals surface area contributed by atoms with Crippen LogP contribution in [0.1, 0.15) is 54.0 Å². The predicted molar refractivity (Wildman–Crippen MR) is 145 cm³/mol. The average Bonchev–Trinajstić information content (AvgIpc) is 3.37. The number of halogens is 1. The van der Waals surface area contributed by atoms with E-state index in [1.54, 1.807) is 13.3 Å². The molecule has 5 heteroatoms. The third-order valence-corrected chi connectivity index (χ3v) is 7.12. The molecule has 0 fully saturated rings. The zero-order valence-corrected chi connectivity index (χ0v) is 21.2. The fourth-order valence-electron chi connectivity index (χ4n) is 5.12. The molecule has 35 heavy (non-hydrogen) atoms. The van der Waals surface area contributed by atoms with Gasteiger partial charge in [0.25, 0.3) is 0 Å². The number of nitrogens with zero attached hydrogens (tertiary/aromatic N) is 1. The Morgan fingerprint density at radius 1 is 1.11 bits per heavy atom. The van der Waals surface area contributed by atoms with E-state index in [9.17, 15) is 0 Å². The van der Waals surface area contributed by atoms with Crippen LogP contribution in [0, 0.1) is 12.8 Å². The molecule has 3 aromatic carbocycles. The van der Waals surface area contributed by atoms with E-state index in [0.717, 1.165) is 24.1 Å². The quantitative estimate of drug-likeness (QED) is 0.271. The maximum atomic E-state index is 6.45. The van der Waals surface area contributed by atoms with Crippen molar-refractivity contribution in [3.63, 3.8) is 0 Å². The molecule has 0 radical (unpaired) electrons. The number of fused-ring (bicyclic) bond motifs is 3. The van der Waals surface area contributed by atoms with Crippen molar-refractivity contribution in [2.45, 2.75) is 38.6 Å². The summed E-state index contributed by atoms with van der Waals surface area (Å²) in [5.74, 6) is 2.19. The van der Waals surface area contributed by atoms with E-state index in [-0.39, 0.29) is 6.04 Å². The molecule has 0 unspecified atom stereocenters. The number of hydrogen-bond acceptors (Lipinski definition) is 4. The molecule has 0 spiro atoms. The number of ether oxygens (including phenoxy) is 2. The number of rotatable bonds is 7. The van der Waals surface area contributed by atoms with Crippen molar-refractivity contribution in [3.8, 4) is 11.5 Å². The summed E-state index contributed by atoms with van der Waals surface area (Å²) in [6, 6.07) is 19.3. The first-order valence-electron chi connectivity index (χ1n) is 12.3. The van der Waals surface area contributed by atoms with Gasteiger partial charge in [-0.05, 0) is 72.7 Å². The van der Waals surface area contributed by atoms with Crippen molar-refractivity contribution in [1.82, 2.24) is 0 Å². The van der Waals surface area contributed by atoms with Crippen molar-refractivity contribution < 1.29 is 9.47 Å². The first kappa shape index (κ1) is 23.5. The molecule has 5 rings (SSSR count). The Hall–Kier alpha value is -3.24. The van der Waals surface area contributed by atoms with Gasteiger partial charge in [0, 0.05) is 17.8 Å². The Kier molecular flexibility index (Phi) is 6.83. The van der Waals surface area contributed by atoms with Crippen LogP contribution in [0.15, 0.2) is 71.7 Å². The molecule has 0 saturated carbocycles. The Morgan fingerprint density at radius 3 is 2.71 bits per heavy atom. The molecule has 0 saturated heterocycles. The minimum absolute atomic E-state index is 0.280. The molecular formula is C30H31ClN2O2. The molecule has 1 aliphatic heterocycles. The second kappa shape index (κ2) is 10.2. The minimum Gasteiger partial charge on any atom is -0.493 e. The van der Waals surface area contributed by atoms with E-state index in [0.29, 0.717) is 35.0 Å². The van der Waals surface area contributed by atoms with Gasteiger partial charge in [-0.25, -0.2) is 0 Å². The second-order valence-corrected chi connectivity index (χ2v) is 9.71. The standard InChI is InChI=1S/C30H31ClN2O2/c1-4-14-35-30-26(31)16-20(17-28(30)34-3)18-32-22-11-9-21(10-12-22)29-24-7-5-6-23(24)25-15-19(2)8-13-27(25)33-29/h5-6,8-13,15-18,23-24,29,33H,4,7,14H2,1-3H3/t23-,24-,29+/m1/s1. The van der Waals surface area contributed by atoms with Crippen LogP contribution in [-0.4, -0.2) is 19.9 Å². The first-order valence-corrected chi connectivity index (χ1v) is 12.6. The number of benzene rings is 3. The van der Waals surface area contributed by atoms with Gasteiger partial charge in [0.1, 0.15) is 0 Å². The number of aliphatic imine (C=N–C) groups is 1. The van der Waals surface area contributed by atoms with E-state index in [2.05, 4.69) is 78.8 Å². The molecule has 1 heterocycles. The van der Waals surface area contributed by atoms with Gasteiger partial charge < -0.3 is 14.8 Å². The predicted octanol–water partition coefficient (Wildman–Crippen LogP) is 8.02. The SMILES string of the molecule is CCCOc1c(Cl)cc(C=Nc2ccc([C@@H]3Nc4ccc(C)cc4[C@@H]4C=CC[C@H]43)cc2)cc1OC. The zero-order valence-electron chi connectivity index (χ0n) is 20.4. The normalized spacial score (nSPS) is 20.4. The lowest BCUT2D eigenvalue weighted by atomic mass is 9.76. The van der Waals surface area contributed by atoms with Crippen LogP contribution < -0.4 is 14.8 Å². The largest absolute Gasteiger partial charge is 0.493 e. The molecule has 3 atom stereocenters. The lowest BCUT2D eigenvalue weighted by molar-refractivity contribution is 0.294. The molecule has 180 valence electrons. The molecule has 0 aromatic heterocycles. The molecule has 1 N–H and O–H groups in total. The monoisotopic (exact) mass is 486 g/mol. The third kappa shape index (κ3) is 4.81. The van der Waals surface area contributed by atoms with Crippen LogP contribution in [0.25, 0.3) is 0 Å². The zero-order chi connectivity index (χ0) is 24.4. The highest BCUT2D eigenvalue weighted by molar-refractivity contribution is 6.32. The molecule has 0 bridgehead atoms. The summed E-state index contributed by atoms with van der Waals surface area (Å²) >= 11 is 6.45. The Bertz CT molecular complexity index is 1270. The Labute approximate surface area is 212 Å².